The molecule has 1 atom stereocenters. The van der Waals surface area contributed by atoms with E-state index < -0.39 is 0 Å². The van der Waals surface area contributed by atoms with E-state index in [0.29, 0.717) is 30.5 Å². The number of carbonyl (C=O) groups excluding carboxylic acids is 2. The van der Waals surface area contributed by atoms with E-state index in [0.717, 1.165) is 25.8 Å². The molecule has 0 aromatic heterocycles. The van der Waals surface area contributed by atoms with E-state index in [1.54, 1.807) is 6.92 Å². The molecule has 2 aliphatic heterocycles. The summed E-state index contributed by atoms with van der Waals surface area (Å²) in [6, 6.07) is 10.6. The lowest BCUT2D eigenvalue weighted by atomic mass is 10.0. The van der Waals surface area contributed by atoms with Crippen LogP contribution in [0, 0.1) is 0 Å². The fourth-order valence-electron chi connectivity index (χ4n) is 3.50. The molecule has 2 heterocycles. The molecule has 1 fully saturated rings. The average Bonchev–Trinajstić information content (AvgIpc) is 3.03. The van der Waals surface area contributed by atoms with Crippen LogP contribution in [0.1, 0.15) is 25.3 Å². The van der Waals surface area contributed by atoms with Crippen molar-refractivity contribution in [3.8, 4) is 0 Å². The maximum atomic E-state index is 12.2. The first-order valence-corrected chi connectivity index (χ1v) is 8.89. The van der Waals surface area contributed by atoms with Crippen molar-refractivity contribution in [2.24, 2.45) is 0 Å². The molecule has 1 aromatic rings. The number of rotatable bonds is 6. The van der Waals surface area contributed by atoms with Crippen LogP contribution in [0.3, 0.4) is 0 Å². The number of amides is 2. The second kappa shape index (κ2) is 8.16. The summed E-state index contributed by atoms with van der Waals surface area (Å²) >= 11 is 0. The molecule has 6 heteroatoms. The van der Waals surface area contributed by atoms with E-state index in [-0.39, 0.29) is 18.5 Å². The molecule has 0 bridgehead atoms. The Bertz CT molecular complexity index is 657. The summed E-state index contributed by atoms with van der Waals surface area (Å²) in [5, 5.41) is 5.45. The normalized spacial score (nSPS) is 21.0. The van der Waals surface area contributed by atoms with Crippen LogP contribution >= 0.6 is 0 Å². The molecule has 6 nitrogen and oxygen atoms in total. The lowest BCUT2D eigenvalue weighted by Crippen LogP contribution is -2.47. The Kier molecular flexibility index (Phi) is 5.71. The van der Waals surface area contributed by atoms with Gasteiger partial charge in [-0.3, -0.25) is 4.90 Å². The fourth-order valence-corrected chi connectivity index (χ4v) is 3.50. The summed E-state index contributed by atoms with van der Waals surface area (Å²) in [4.78, 5) is 26.2. The average molecular weight is 343 g/mol. The first kappa shape index (κ1) is 17.5. The molecule has 2 N–H and O–H groups in total. The van der Waals surface area contributed by atoms with Crippen LogP contribution in [0.2, 0.25) is 0 Å². The molecule has 2 amide bonds. The highest BCUT2D eigenvalue weighted by molar-refractivity contribution is 5.93. The molecular formula is C19H25N3O3. The second-order valence-electron chi connectivity index (χ2n) is 6.44. The van der Waals surface area contributed by atoms with E-state index in [4.69, 9.17) is 4.74 Å². The summed E-state index contributed by atoms with van der Waals surface area (Å²) < 4.78 is 5.13. The van der Waals surface area contributed by atoms with E-state index in [1.165, 1.54) is 5.56 Å². The van der Waals surface area contributed by atoms with Gasteiger partial charge in [0.15, 0.2) is 0 Å². The summed E-state index contributed by atoms with van der Waals surface area (Å²) in [6.45, 7) is 3.86. The van der Waals surface area contributed by atoms with Gasteiger partial charge in [0.1, 0.15) is 0 Å². The lowest BCUT2D eigenvalue weighted by Gasteiger charge is -2.29. The third kappa shape index (κ3) is 4.39. The van der Waals surface area contributed by atoms with Gasteiger partial charge >= 0.3 is 12.0 Å². The summed E-state index contributed by atoms with van der Waals surface area (Å²) in [7, 11) is 0. The molecule has 0 radical (unpaired) electrons. The SMILES string of the molecule is CCOC(=O)C1=C(CN2CCCC2Cc2ccccc2)NC(=O)NC1. The number of likely N-dealkylation sites (tertiary alicyclic amines) is 1. The third-order valence-electron chi connectivity index (χ3n) is 4.75. The van der Waals surface area contributed by atoms with Gasteiger partial charge in [-0.2, -0.15) is 0 Å². The molecule has 1 aromatic carbocycles. The van der Waals surface area contributed by atoms with Gasteiger partial charge in [0, 0.05) is 18.3 Å². The Balaban J connectivity index is 1.73. The smallest absolute Gasteiger partial charge is 0.337 e. The minimum absolute atomic E-state index is 0.219. The molecule has 0 spiro atoms. The van der Waals surface area contributed by atoms with Crippen LogP contribution in [0.5, 0.6) is 0 Å². The largest absolute Gasteiger partial charge is 0.463 e. The molecule has 134 valence electrons. The monoisotopic (exact) mass is 343 g/mol. The number of ether oxygens (including phenoxy) is 1. The van der Waals surface area contributed by atoms with Gasteiger partial charge in [0.2, 0.25) is 0 Å². The van der Waals surface area contributed by atoms with Gasteiger partial charge in [0.05, 0.1) is 18.7 Å². The number of nitrogens with zero attached hydrogens (tertiary/aromatic N) is 1. The molecule has 25 heavy (non-hydrogen) atoms. The first-order valence-electron chi connectivity index (χ1n) is 8.89. The van der Waals surface area contributed by atoms with Crippen LogP contribution < -0.4 is 10.6 Å². The minimum Gasteiger partial charge on any atom is -0.463 e. The molecule has 0 aliphatic carbocycles. The standard InChI is InChI=1S/C19H25N3O3/c1-2-25-18(23)16-12-20-19(24)21-17(16)13-22-10-6-9-15(22)11-14-7-4-3-5-8-14/h3-5,7-8,15H,2,6,9-13H2,1H3,(H2,20,21,24). The Labute approximate surface area is 148 Å². The number of carbonyl (C=O) groups is 2. The Morgan fingerprint density at radius 2 is 2.12 bits per heavy atom. The summed E-state index contributed by atoms with van der Waals surface area (Å²) in [5.41, 5.74) is 2.50. The molecule has 0 saturated carbocycles. The second-order valence-corrected chi connectivity index (χ2v) is 6.44. The van der Waals surface area contributed by atoms with Crippen LogP contribution in [-0.4, -0.2) is 49.2 Å². The summed E-state index contributed by atoms with van der Waals surface area (Å²) in [5.74, 6) is -0.358. The Hall–Kier alpha value is -2.34. The minimum atomic E-state index is -0.358. The fraction of sp³-hybridized carbons (Fsp3) is 0.474. The maximum Gasteiger partial charge on any atom is 0.337 e. The van der Waals surface area contributed by atoms with Gasteiger partial charge in [-0.1, -0.05) is 30.3 Å². The molecule has 1 unspecified atom stereocenters. The van der Waals surface area contributed by atoms with E-state index in [9.17, 15) is 9.59 Å². The molecule has 2 aliphatic rings. The summed E-state index contributed by atoms with van der Waals surface area (Å²) in [6.07, 6.45) is 3.24. The van der Waals surface area contributed by atoms with Crippen molar-refractivity contribution in [3.05, 3.63) is 47.2 Å². The highest BCUT2D eigenvalue weighted by Gasteiger charge is 2.29. The van der Waals surface area contributed by atoms with Gasteiger partial charge in [-0.05, 0) is 38.3 Å². The predicted molar refractivity (Wildman–Crippen MR) is 94.9 cm³/mol. The van der Waals surface area contributed by atoms with E-state index in [1.807, 2.05) is 6.07 Å². The number of urea groups is 1. The zero-order valence-corrected chi connectivity index (χ0v) is 14.6. The third-order valence-corrected chi connectivity index (χ3v) is 4.75. The van der Waals surface area contributed by atoms with Crippen molar-refractivity contribution in [3.63, 3.8) is 0 Å². The number of nitrogens with one attached hydrogen (secondary N) is 2. The highest BCUT2D eigenvalue weighted by atomic mass is 16.5. The van der Waals surface area contributed by atoms with Crippen LogP contribution in [0.25, 0.3) is 0 Å². The zero-order valence-electron chi connectivity index (χ0n) is 14.6. The molecule has 3 rings (SSSR count). The van der Waals surface area contributed by atoms with Crippen molar-refractivity contribution < 1.29 is 14.3 Å². The molecule has 1 saturated heterocycles. The van der Waals surface area contributed by atoms with Crippen molar-refractivity contribution in [1.82, 2.24) is 15.5 Å². The van der Waals surface area contributed by atoms with Gasteiger partial charge in [0.25, 0.3) is 0 Å². The number of hydrogen-bond acceptors (Lipinski definition) is 4. The van der Waals surface area contributed by atoms with Crippen LogP contribution in [0.4, 0.5) is 4.79 Å². The predicted octanol–water partition coefficient (Wildman–Crippen LogP) is 1.82. The van der Waals surface area contributed by atoms with Crippen molar-refractivity contribution in [2.75, 3.05) is 26.2 Å². The highest BCUT2D eigenvalue weighted by Crippen LogP contribution is 2.23. The molecular weight excluding hydrogens is 318 g/mol. The van der Waals surface area contributed by atoms with Gasteiger partial charge in [-0.15, -0.1) is 0 Å². The van der Waals surface area contributed by atoms with Crippen LogP contribution in [0.15, 0.2) is 41.6 Å². The number of esters is 1. The quantitative estimate of drug-likeness (QED) is 0.773. The van der Waals surface area contributed by atoms with Crippen molar-refractivity contribution in [2.45, 2.75) is 32.2 Å². The van der Waals surface area contributed by atoms with Crippen molar-refractivity contribution >= 4 is 12.0 Å². The number of hydrogen-bond donors (Lipinski definition) is 2. The first-order chi connectivity index (χ1) is 12.2. The van der Waals surface area contributed by atoms with Crippen molar-refractivity contribution in [1.29, 1.82) is 0 Å². The zero-order chi connectivity index (χ0) is 17.6. The van der Waals surface area contributed by atoms with E-state index >= 15 is 0 Å². The van der Waals surface area contributed by atoms with Gasteiger partial charge in [-0.25, -0.2) is 9.59 Å². The number of benzene rings is 1. The van der Waals surface area contributed by atoms with E-state index in [2.05, 4.69) is 39.8 Å². The lowest BCUT2D eigenvalue weighted by molar-refractivity contribution is -0.138. The van der Waals surface area contributed by atoms with Crippen LogP contribution in [-0.2, 0) is 16.0 Å². The Morgan fingerprint density at radius 3 is 2.88 bits per heavy atom. The maximum absolute atomic E-state index is 12.2. The van der Waals surface area contributed by atoms with Gasteiger partial charge < -0.3 is 15.4 Å². The Morgan fingerprint density at radius 1 is 1.32 bits per heavy atom. The topological polar surface area (TPSA) is 70.7 Å².